The fraction of sp³-hybridized carbons (Fsp3) is 0.462. The molecule has 4 nitrogen and oxygen atoms in total. The summed E-state index contributed by atoms with van der Waals surface area (Å²) in [7, 11) is -3.77. The number of unbranched alkanes of at least 4 members (excludes halogenated alkanes) is 3. The molecule has 0 amide bonds. The van der Waals surface area contributed by atoms with Gasteiger partial charge >= 0.3 is 5.97 Å². The molecule has 0 saturated heterocycles. The largest absolute Gasteiger partial charge is 0.478 e. The molecule has 0 aliphatic heterocycles. The van der Waals surface area contributed by atoms with Crippen LogP contribution in [0.15, 0.2) is 23.1 Å². The number of aromatic carboxylic acids is 1. The first-order chi connectivity index (χ1) is 8.88. The maximum Gasteiger partial charge on any atom is 0.335 e. The van der Waals surface area contributed by atoms with Gasteiger partial charge in [0.25, 0.3) is 0 Å². The zero-order valence-corrected chi connectivity index (χ0v) is 11.5. The molecule has 0 atom stereocenters. The summed E-state index contributed by atoms with van der Waals surface area (Å²) >= 11 is 0. The van der Waals surface area contributed by atoms with Crippen molar-refractivity contribution in [3.05, 3.63) is 29.6 Å². The van der Waals surface area contributed by atoms with Crippen LogP contribution in [0, 0.1) is 5.82 Å². The Kier molecular flexibility index (Phi) is 5.47. The lowest BCUT2D eigenvalue weighted by atomic mass is 10.2. The Balaban J connectivity index is 2.94. The second-order valence-electron chi connectivity index (χ2n) is 4.33. The smallest absolute Gasteiger partial charge is 0.335 e. The minimum Gasteiger partial charge on any atom is -0.478 e. The first kappa shape index (κ1) is 15.6. The number of benzene rings is 1. The highest BCUT2D eigenvalue weighted by Crippen LogP contribution is 2.19. The van der Waals surface area contributed by atoms with Gasteiger partial charge in [0, 0.05) is 0 Å². The van der Waals surface area contributed by atoms with E-state index >= 15 is 0 Å². The van der Waals surface area contributed by atoms with Crippen LogP contribution in [0.5, 0.6) is 0 Å². The number of hydrogen-bond acceptors (Lipinski definition) is 3. The van der Waals surface area contributed by atoms with Gasteiger partial charge in [0.2, 0.25) is 0 Å². The zero-order valence-electron chi connectivity index (χ0n) is 10.7. The van der Waals surface area contributed by atoms with Crippen LogP contribution < -0.4 is 0 Å². The molecule has 0 bridgehead atoms. The summed E-state index contributed by atoms with van der Waals surface area (Å²) < 4.78 is 37.4. The average molecular weight is 288 g/mol. The number of rotatable bonds is 7. The molecule has 0 spiro atoms. The van der Waals surface area contributed by atoms with E-state index in [1.165, 1.54) is 0 Å². The van der Waals surface area contributed by atoms with E-state index in [0.29, 0.717) is 6.42 Å². The molecule has 6 heteroatoms. The minimum atomic E-state index is -3.77. The van der Waals surface area contributed by atoms with Gasteiger partial charge in [-0.1, -0.05) is 26.2 Å². The number of sulfone groups is 1. The van der Waals surface area contributed by atoms with Gasteiger partial charge in [-0.05, 0) is 24.6 Å². The van der Waals surface area contributed by atoms with Gasteiger partial charge < -0.3 is 5.11 Å². The number of carboxylic acid groups (broad SMARTS) is 1. The molecule has 0 aromatic heterocycles. The van der Waals surface area contributed by atoms with Crippen LogP contribution in [0.4, 0.5) is 4.39 Å². The summed E-state index contributed by atoms with van der Waals surface area (Å²) in [5, 5.41) is 8.79. The van der Waals surface area contributed by atoms with E-state index in [9.17, 15) is 17.6 Å². The van der Waals surface area contributed by atoms with Crippen molar-refractivity contribution >= 4 is 15.8 Å². The molecule has 0 radical (unpaired) electrons. The van der Waals surface area contributed by atoms with Gasteiger partial charge in [0.05, 0.1) is 11.3 Å². The summed E-state index contributed by atoms with van der Waals surface area (Å²) in [5.74, 6) is -2.34. The molecule has 1 aromatic carbocycles. The topological polar surface area (TPSA) is 71.4 Å². The van der Waals surface area contributed by atoms with E-state index in [-0.39, 0.29) is 11.3 Å². The Morgan fingerprint density at radius 2 is 1.95 bits per heavy atom. The summed E-state index contributed by atoms with van der Waals surface area (Å²) in [6.07, 6.45) is 3.11. The Morgan fingerprint density at radius 1 is 1.26 bits per heavy atom. The molecule has 0 saturated carbocycles. The van der Waals surface area contributed by atoms with Crippen LogP contribution in [-0.2, 0) is 9.84 Å². The van der Waals surface area contributed by atoms with Crippen molar-refractivity contribution in [2.75, 3.05) is 5.75 Å². The molecule has 0 aliphatic carbocycles. The second kappa shape index (κ2) is 6.65. The summed E-state index contributed by atoms with van der Waals surface area (Å²) in [6.45, 7) is 2.00. The third-order valence-electron chi connectivity index (χ3n) is 2.78. The normalized spacial score (nSPS) is 11.5. The summed E-state index contributed by atoms with van der Waals surface area (Å²) in [4.78, 5) is 10.2. The van der Waals surface area contributed by atoms with Gasteiger partial charge in [-0.25, -0.2) is 17.6 Å². The van der Waals surface area contributed by atoms with Gasteiger partial charge in [-0.15, -0.1) is 0 Å². The van der Waals surface area contributed by atoms with Crippen molar-refractivity contribution in [1.29, 1.82) is 0 Å². The molecule has 1 rings (SSSR count). The first-order valence-corrected chi connectivity index (χ1v) is 7.79. The molecular weight excluding hydrogens is 271 g/mol. The Morgan fingerprint density at radius 3 is 2.53 bits per heavy atom. The number of carbonyl (C=O) groups is 1. The monoisotopic (exact) mass is 288 g/mol. The molecule has 1 N–H and O–H groups in total. The van der Waals surface area contributed by atoms with E-state index in [2.05, 4.69) is 0 Å². The van der Waals surface area contributed by atoms with Gasteiger partial charge in [-0.3, -0.25) is 0 Å². The van der Waals surface area contributed by atoms with Gasteiger partial charge in [0.15, 0.2) is 9.84 Å². The van der Waals surface area contributed by atoms with Gasteiger partial charge in [0.1, 0.15) is 10.7 Å². The van der Waals surface area contributed by atoms with Gasteiger partial charge in [-0.2, -0.15) is 0 Å². The third kappa shape index (κ3) is 4.31. The molecule has 106 valence electrons. The molecule has 19 heavy (non-hydrogen) atoms. The average Bonchev–Trinajstić information content (AvgIpc) is 2.34. The molecule has 0 fully saturated rings. The highest BCUT2D eigenvalue weighted by molar-refractivity contribution is 7.91. The van der Waals surface area contributed by atoms with Crippen LogP contribution in [0.2, 0.25) is 0 Å². The number of hydrogen-bond donors (Lipinski definition) is 1. The fourth-order valence-corrected chi connectivity index (χ4v) is 3.18. The first-order valence-electron chi connectivity index (χ1n) is 6.14. The fourth-order valence-electron chi connectivity index (χ4n) is 1.70. The Hall–Kier alpha value is -1.43. The standard InChI is InChI=1S/C13H17FO4S/c1-2-3-4-5-8-19(17,18)12-9-10(13(15)16)6-7-11(12)14/h6-7,9H,2-5,8H2,1H3,(H,15,16). The maximum absolute atomic E-state index is 13.5. The zero-order chi connectivity index (χ0) is 14.5. The molecule has 0 heterocycles. The lowest BCUT2D eigenvalue weighted by molar-refractivity contribution is 0.0696. The van der Waals surface area contributed by atoms with E-state index in [4.69, 9.17) is 5.11 Å². The van der Waals surface area contributed by atoms with Crippen molar-refractivity contribution in [3.8, 4) is 0 Å². The van der Waals surface area contributed by atoms with Crippen molar-refractivity contribution in [1.82, 2.24) is 0 Å². The Bertz CT molecular complexity index is 552. The minimum absolute atomic E-state index is 0.160. The highest BCUT2D eigenvalue weighted by Gasteiger charge is 2.20. The molecule has 1 aromatic rings. The van der Waals surface area contributed by atoms with Crippen molar-refractivity contribution < 1.29 is 22.7 Å². The second-order valence-corrected chi connectivity index (χ2v) is 6.41. The summed E-state index contributed by atoms with van der Waals surface area (Å²) in [5.41, 5.74) is -0.228. The lowest BCUT2D eigenvalue weighted by Gasteiger charge is -2.06. The highest BCUT2D eigenvalue weighted by atomic mass is 32.2. The van der Waals surface area contributed by atoms with Crippen LogP contribution in [-0.4, -0.2) is 25.2 Å². The van der Waals surface area contributed by atoms with Crippen LogP contribution in [0.1, 0.15) is 43.0 Å². The molecule has 0 unspecified atom stereocenters. The van der Waals surface area contributed by atoms with Crippen LogP contribution in [0.25, 0.3) is 0 Å². The number of carboxylic acids is 1. The van der Waals surface area contributed by atoms with Crippen molar-refractivity contribution in [3.63, 3.8) is 0 Å². The van der Waals surface area contributed by atoms with E-state index in [0.717, 1.165) is 37.5 Å². The lowest BCUT2D eigenvalue weighted by Crippen LogP contribution is -2.10. The van der Waals surface area contributed by atoms with E-state index in [1.54, 1.807) is 0 Å². The summed E-state index contributed by atoms with van der Waals surface area (Å²) in [6, 6.07) is 2.81. The van der Waals surface area contributed by atoms with Crippen molar-refractivity contribution in [2.45, 2.75) is 37.5 Å². The maximum atomic E-state index is 13.5. The third-order valence-corrected chi connectivity index (χ3v) is 4.59. The van der Waals surface area contributed by atoms with Crippen LogP contribution >= 0.6 is 0 Å². The SMILES string of the molecule is CCCCCCS(=O)(=O)c1cc(C(=O)O)ccc1F. The van der Waals surface area contributed by atoms with E-state index < -0.39 is 26.5 Å². The molecule has 0 aliphatic rings. The molecular formula is C13H17FO4S. The quantitative estimate of drug-likeness (QED) is 0.783. The predicted octanol–water partition coefficient (Wildman–Crippen LogP) is 2.88. The van der Waals surface area contributed by atoms with E-state index in [1.807, 2.05) is 6.92 Å². The predicted molar refractivity (Wildman–Crippen MR) is 69.6 cm³/mol. The van der Waals surface area contributed by atoms with Crippen molar-refractivity contribution in [2.24, 2.45) is 0 Å². The number of halogens is 1. The Labute approximate surface area is 112 Å². The van der Waals surface area contributed by atoms with Crippen LogP contribution in [0.3, 0.4) is 0 Å².